The molecule has 0 aliphatic carbocycles. The summed E-state index contributed by atoms with van der Waals surface area (Å²) in [5, 5.41) is 9.73. The third kappa shape index (κ3) is 1.85. The number of aromatic hydroxyl groups is 1. The zero-order valence-electron chi connectivity index (χ0n) is 8.27. The molecule has 2 rings (SSSR count). The summed E-state index contributed by atoms with van der Waals surface area (Å²) in [5.41, 5.74) is 8.40. The topological polar surface area (TPSA) is 46.2 Å². The van der Waals surface area contributed by atoms with Gasteiger partial charge in [-0.05, 0) is 29.3 Å². The molecule has 0 atom stereocenters. The molecule has 0 fully saturated rings. The highest BCUT2D eigenvalue weighted by molar-refractivity contribution is 5.72. The van der Waals surface area contributed by atoms with Gasteiger partial charge in [0, 0.05) is 12.1 Å². The van der Waals surface area contributed by atoms with Gasteiger partial charge < -0.3 is 10.8 Å². The van der Waals surface area contributed by atoms with Crippen LogP contribution in [0.1, 0.15) is 5.56 Å². The lowest BCUT2D eigenvalue weighted by molar-refractivity contribution is 0.477. The molecule has 0 bridgehead atoms. The Kier molecular flexibility index (Phi) is 2.70. The van der Waals surface area contributed by atoms with Crippen LogP contribution in [-0.2, 0) is 6.54 Å². The molecule has 2 nitrogen and oxygen atoms in total. The molecule has 0 amide bonds. The van der Waals surface area contributed by atoms with Crippen LogP contribution in [0.5, 0.6) is 5.75 Å². The molecule has 0 spiro atoms. The van der Waals surface area contributed by atoms with Crippen LogP contribution >= 0.6 is 0 Å². The molecule has 2 heteroatoms. The van der Waals surface area contributed by atoms with Gasteiger partial charge in [0.25, 0.3) is 0 Å². The van der Waals surface area contributed by atoms with Crippen molar-refractivity contribution in [1.29, 1.82) is 0 Å². The van der Waals surface area contributed by atoms with Crippen molar-refractivity contribution >= 4 is 0 Å². The minimum Gasteiger partial charge on any atom is -0.507 e. The Hall–Kier alpha value is -1.80. The number of hydrogen-bond acceptors (Lipinski definition) is 2. The third-order valence-electron chi connectivity index (χ3n) is 2.36. The van der Waals surface area contributed by atoms with E-state index in [1.54, 1.807) is 12.1 Å². The van der Waals surface area contributed by atoms with Gasteiger partial charge in [0.05, 0.1) is 0 Å². The highest BCUT2D eigenvalue weighted by atomic mass is 16.3. The average Bonchev–Trinajstić information content (AvgIpc) is 2.30. The van der Waals surface area contributed by atoms with Crippen LogP contribution in [0.3, 0.4) is 0 Å². The largest absolute Gasteiger partial charge is 0.507 e. The van der Waals surface area contributed by atoms with Gasteiger partial charge >= 0.3 is 0 Å². The fourth-order valence-electron chi connectivity index (χ4n) is 1.60. The molecule has 15 heavy (non-hydrogen) atoms. The van der Waals surface area contributed by atoms with Gasteiger partial charge in [-0.25, -0.2) is 0 Å². The summed E-state index contributed by atoms with van der Waals surface area (Å²) in [6.45, 7) is 0.445. The quantitative estimate of drug-likeness (QED) is 0.777. The number of phenolic OH excluding ortho intramolecular Hbond substituents is 1. The van der Waals surface area contributed by atoms with Crippen molar-refractivity contribution in [3.8, 4) is 16.9 Å². The molecule has 2 aromatic carbocycles. The second-order valence-corrected chi connectivity index (χ2v) is 3.30. The summed E-state index contributed by atoms with van der Waals surface area (Å²) in [7, 11) is 0. The smallest absolute Gasteiger partial charge is 0.123 e. The van der Waals surface area contributed by atoms with Crippen molar-refractivity contribution in [3.05, 3.63) is 54.1 Å². The Morgan fingerprint density at radius 1 is 1.13 bits per heavy atom. The van der Waals surface area contributed by atoms with E-state index in [9.17, 15) is 5.11 Å². The first-order valence-corrected chi connectivity index (χ1v) is 4.80. The predicted molar refractivity (Wildman–Crippen MR) is 60.3 cm³/mol. The van der Waals surface area contributed by atoms with Crippen molar-refractivity contribution in [3.63, 3.8) is 0 Å². The number of benzene rings is 2. The van der Waals surface area contributed by atoms with E-state index in [2.05, 4.69) is 6.07 Å². The van der Waals surface area contributed by atoms with Gasteiger partial charge in [-0.15, -0.1) is 0 Å². The van der Waals surface area contributed by atoms with Crippen molar-refractivity contribution in [2.75, 3.05) is 0 Å². The van der Waals surface area contributed by atoms with Crippen LogP contribution in [0.4, 0.5) is 0 Å². The van der Waals surface area contributed by atoms with E-state index in [0.717, 1.165) is 16.7 Å². The lowest BCUT2D eigenvalue weighted by Gasteiger charge is -2.08. The van der Waals surface area contributed by atoms with E-state index in [1.165, 1.54) is 0 Å². The fourth-order valence-corrected chi connectivity index (χ4v) is 1.60. The van der Waals surface area contributed by atoms with Gasteiger partial charge in [0.15, 0.2) is 0 Å². The number of para-hydroxylation sites is 1. The summed E-state index contributed by atoms with van der Waals surface area (Å²) in [6.07, 6.45) is 0. The Morgan fingerprint density at radius 3 is 2.67 bits per heavy atom. The van der Waals surface area contributed by atoms with Gasteiger partial charge in [-0.2, -0.15) is 0 Å². The van der Waals surface area contributed by atoms with Gasteiger partial charge in [0.2, 0.25) is 0 Å². The molecule has 2 aromatic rings. The van der Waals surface area contributed by atoms with Crippen LogP contribution in [-0.4, -0.2) is 5.11 Å². The number of nitrogens with two attached hydrogens (primary N) is 1. The SMILES string of the molecule is NCc1c[c]ccc1-c1ccccc1O. The van der Waals surface area contributed by atoms with Crippen molar-refractivity contribution in [1.82, 2.24) is 0 Å². The standard InChI is InChI=1S/C13H12NO/c14-9-10-5-1-2-6-11(10)12-7-3-4-8-13(12)15/h2-8,15H,9,14H2. The summed E-state index contributed by atoms with van der Waals surface area (Å²) in [4.78, 5) is 0. The average molecular weight is 198 g/mol. The first kappa shape index (κ1) is 9.74. The summed E-state index contributed by atoms with van der Waals surface area (Å²) < 4.78 is 0. The predicted octanol–water partition coefficient (Wildman–Crippen LogP) is 2.32. The second kappa shape index (κ2) is 4.15. The lowest BCUT2D eigenvalue weighted by atomic mass is 9.99. The van der Waals surface area contributed by atoms with E-state index in [-0.39, 0.29) is 5.75 Å². The van der Waals surface area contributed by atoms with E-state index >= 15 is 0 Å². The Labute approximate surface area is 89.0 Å². The van der Waals surface area contributed by atoms with Crippen LogP contribution < -0.4 is 5.73 Å². The van der Waals surface area contributed by atoms with Gasteiger partial charge in [0.1, 0.15) is 5.75 Å². The van der Waals surface area contributed by atoms with Crippen LogP contribution in [0.2, 0.25) is 0 Å². The molecule has 0 aromatic heterocycles. The Morgan fingerprint density at radius 2 is 1.93 bits per heavy atom. The first-order valence-electron chi connectivity index (χ1n) is 4.80. The molecule has 75 valence electrons. The molecule has 0 unspecified atom stereocenters. The molecule has 0 saturated heterocycles. The number of rotatable bonds is 2. The van der Waals surface area contributed by atoms with Crippen LogP contribution in [0.25, 0.3) is 11.1 Å². The van der Waals surface area contributed by atoms with E-state index in [0.29, 0.717) is 6.54 Å². The van der Waals surface area contributed by atoms with Crippen molar-refractivity contribution in [2.45, 2.75) is 6.54 Å². The van der Waals surface area contributed by atoms with E-state index in [1.807, 2.05) is 30.3 Å². The summed E-state index contributed by atoms with van der Waals surface area (Å²) in [5.74, 6) is 0.276. The molecule has 0 aliphatic rings. The number of phenols is 1. The highest BCUT2D eigenvalue weighted by Crippen LogP contribution is 2.30. The number of hydrogen-bond donors (Lipinski definition) is 2. The highest BCUT2D eigenvalue weighted by Gasteiger charge is 2.06. The molecule has 1 radical (unpaired) electrons. The van der Waals surface area contributed by atoms with Crippen molar-refractivity contribution < 1.29 is 5.11 Å². The Balaban J connectivity index is 2.59. The third-order valence-corrected chi connectivity index (χ3v) is 2.36. The fraction of sp³-hybridized carbons (Fsp3) is 0.0769. The molecular weight excluding hydrogens is 186 g/mol. The molecule has 0 heterocycles. The van der Waals surface area contributed by atoms with Gasteiger partial charge in [-0.3, -0.25) is 0 Å². The Bertz CT molecular complexity index is 466. The maximum atomic E-state index is 9.73. The van der Waals surface area contributed by atoms with Crippen LogP contribution in [0, 0.1) is 6.07 Å². The van der Waals surface area contributed by atoms with Crippen molar-refractivity contribution in [2.24, 2.45) is 5.73 Å². The second-order valence-electron chi connectivity index (χ2n) is 3.30. The van der Waals surface area contributed by atoms with Crippen LogP contribution in [0.15, 0.2) is 42.5 Å². The minimum atomic E-state index is 0.276. The summed E-state index contributed by atoms with van der Waals surface area (Å²) in [6, 6.07) is 15.8. The molecule has 0 aliphatic heterocycles. The molecular formula is C13H12NO. The van der Waals surface area contributed by atoms with E-state index in [4.69, 9.17) is 5.73 Å². The maximum Gasteiger partial charge on any atom is 0.123 e. The molecule has 3 N–H and O–H groups in total. The van der Waals surface area contributed by atoms with Gasteiger partial charge in [-0.1, -0.05) is 30.3 Å². The van der Waals surface area contributed by atoms with E-state index < -0.39 is 0 Å². The first-order chi connectivity index (χ1) is 7.33. The zero-order chi connectivity index (χ0) is 10.7. The monoisotopic (exact) mass is 198 g/mol. The lowest BCUT2D eigenvalue weighted by Crippen LogP contribution is -1.98. The maximum absolute atomic E-state index is 9.73. The molecule has 0 saturated carbocycles. The minimum absolute atomic E-state index is 0.276. The zero-order valence-corrected chi connectivity index (χ0v) is 8.27. The summed E-state index contributed by atoms with van der Waals surface area (Å²) >= 11 is 0. The normalized spacial score (nSPS) is 10.2.